The van der Waals surface area contributed by atoms with Crippen molar-refractivity contribution in [3.63, 3.8) is 0 Å². The van der Waals surface area contributed by atoms with Crippen molar-refractivity contribution in [3.05, 3.63) is 275 Å². The number of hydrogen-bond acceptors (Lipinski definition) is 30. The lowest BCUT2D eigenvalue weighted by Gasteiger charge is -2.25. The highest BCUT2D eigenvalue weighted by molar-refractivity contribution is 9.09. The van der Waals surface area contributed by atoms with E-state index in [1.807, 2.05) is 0 Å². The molecule has 146 heavy (non-hydrogen) atoms. The number of alkyl halides is 8. The van der Waals surface area contributed by atoms with E-state index in [2.05, 4.69) is 84.7 Å². The number of aliphatic hydroxyl groups excluding tert-OH is 1. The summed E-state index contributed by atoms with van der Waals surface area (Å²) in [7, 11) is -4.74. The molecule has 0 bridgehead atoms. The van der Waals surface area contributed by atoms with E-state index in [0.717, 1.165) is 51.6 Å². The molecule has 3 heterocycles. The number of pyridine rings is 3. The van der Waals surface area contributed by atoms with Gasteiger partial charge >= 0.3 is 55.7 Å². The van der Waals surface area contributed by atoms with Crippen molar-refractivity contribution in [2.45, 2.75) is 83.1 Å². The van der Waals surface area contributed by atoms with Gasteiger partial charge in [0.15, 0.2) is 71.7 Å². The first-order valence-corrected chi connectivity index (χ1v) is 51.9. The number of methoxy groups -OCH3 is 5. The monoisotopic (exact) mass is 2380 g/mol. The molecule has 0 unspecified atom stereocenters. The number of para-hydroxylation sites is 4. The lowest BCUT2D eigenvalue weighted by molar-refractivity contribution is -0.378. The summed E-state index contributed by atoms with van der Waals surface area (Å²) < 4.78 is 211. The number of benzene rings is 7. The Morgan fingerprint density at radius 2 is 0.753 bits per heavy atom. The van der Waals surface area contributed by atoms with Crippen LogP contribution in [0.25, 0.3) is 0 Å². The number of halogens is 15. The first-order chi connectivity index (χ1) is 67.6. The number of nitrogens with two attached hydrogens (primary N) is 1. The Hall–Kier alpha value is -11.3. The first kappa shape index (κ1) is 129. The molecule has 2 fully saturated rings. The van der Waals surface area contributed by atoms with Crippen LogP contribution in [0.2, 0.25) is 30.1 Å². The highest BCUT2D eigenvalue weighted by atomic mass is 79.9. The van der Waals surface area contributed by atoms with Crippen LogP contribution in [-0.2, 0) is 92.1 Å². The van der Waals surface area contributed by atoms with Gasteiger partial charge in [0.25, 0.3) is 0 Å². The van der Waals surface area contributed by atoms with Crippen LogP contribution in [0, 0.1) is 11.8 Å². The molecule has 54 heteroatoms. The van der Waals surface area contributed by atoms with Gasteiger partial charge in [-0.25, -0.2) is 59.4 Å². The Morgan fingerprint density at radius 1 is 0.438 bits per heavy atom. The summed E-state index contributed by atoms with van der Waals surface area (Å²) in [5.74, 6) is -3.15. The van der Waals surface area contributed by atoms with Crippen molar-refractivity contribution in [3.8, 4) is 34.5 Å². The van der Waals surface area contributed by atoms with Gasteiger partial charge in [-0.05, 0) is 151 Å². The number of H-pyrrole nitrogens is 3. The van der Waals surface area contributed by atoms with Crippen molar-refractivity contribution in [2.24, 2.45) is 11.8 Å². The maximum Gasteiger partial charge on any atom is 0.387 e. The fourth-order valence-corrected chi connectivity index (χ4v) is 15.8. The number of aromatic amines is 3. The Balaban J connectivity index is 0.000000465. The SMILES string of the molecule is COC(=O)c1ccccc1N.COC(=O)c1ccccc1N(CC(=O)O[C@@H](Cc1c(Cl)c[nH+]cc1Cl)c1ccc(OC(F)F)c(OC)c1)S(C)(=O)=O.COC(=O)c1ccccc1NS(C)(=O)=O.COC(=O)c1ccccc1NS(C)(=O)=O.O=C(CBr)O[C@@H](Cc1c(Cl)c[nH+]cc1Cl)c1ccc(OC(F)F)c(OCC2CC2)c1.O=C(Cl)CBr.O[C@@H](Cc1c(Cl)c[nH+]cc1Cl)c1ccc(OC(F)F)c(OCC2CC2)c1.[OH-].[OH-].[OH-]. The average Bonchev–Trinajstić information content (AvgIpc) is 1.80. The van der Waals surface area contributed by atoms with Crippen LogP contribution in [0.5, 0.6) is 34.5 Å². The van der Waals surface area contributed by atoms with Crippen LogP contribution in [0.3, 0.4) is 0 Å². The molecule has 11 N–H and O–H groups in total. The van der Waals surface area contributed by atoms with Gasteiger partial charge in [0.2, 0.25) is 35.3 Å². The number of rotatable bonds is 38. The quantitative estimate of drug-likeness (QED) is 0.00697. The normalized spacial score (nSPS) is 12.2. The number of nitrogens with zero attached hydrogens (tertiary/aromatic N) is 1. The number of esters is 6. The van der Waals surface area contributed by atoms with Crippen LogP contribution < -0.4 is 62.9 Å². The number of aromatic nitrogens is 3. The molecule has 798 valence electrons. The highest BCUT2D eigenvalue weighted by Gasteiger charge is 2.33. The average molecular weight is 2380 g/mol. The summed E-state index contributed by atoms with van der Waals surface area (Å²) in [5.41, 5.74) is 9.82. The minimum absolute atomic E-state index is 0. The number of nitrogen functional groups attached to an aromatic ring is 1. The minimum Gasteiger partial charge on any atom is -0.870 e. The van der Waals surface area contributed by atoms with Crippen molar-refractivity contribution in [1.82, 2.24) is 0 Å². The molecule has 12 rings (SSSR count). The number of carbonyl (C=O) groups is 7. The summed E-state index contributed by atoms with van der Waals surface area (Å²) in [4.78, 5) is 88.9. The predicted molar refractivity (Wildman–Crippen MR) is 534 cm³/mol. The summed E-state index contributed by atoms with van der Waals surface area (Å²) in [6, 6.07) is 37.7. The van der Waals surface area contributed by atoms with Crippen molar-refractivity contribution >= 4 is 207 Å². The zero-order valence-electron chi connectivity index (χ0n) is 77.9. The lowest BCUT2D eigenvalue weighted by Crippen LogP contribution is -2.37. The van der Waals surface area contributed by atoms with Crippen LogP contribution in [0.1, 0.15) is 119 Å². The van der Waals surface area contributed by atoms with E-state index in [1.54, 1.807) is 85.5 Å². The topological polar surface area (TPSA) is 539 Å². The van der Waals surface area contributed by atoms with Crippen molar-refractivity contribution < 1.29 is 178 Å². The Kier molecular flexibility index (Phi) is 56.0. The van der Waals surface area contributed by atoms with Crippen LogP contribution in [0.4, 0.5) is 49.1 Å². The number of carbonyl (C=O) groups excluding carboxylic acids is 7. The molecule has 3 atom stereocenters. The van der Waals surface area contributed by atoms with E-state index in [-0.39, 0.29) is 135 Å². The van der Waals surface area contributed by atoms with Gasteiger partial charge in [0.05, 0.1) is 118 Å². The molecule has 0 aliphatic heterocycles. The fraction of sp³-hybridized carbons (Fsp3) is 0.304. The summed E-state index contributed by atoms with van der Waals surface area (Å²) in [6.45, 7) is -9.04. The molecule has 2 aliphatic carbocycles. The Labute approximate surface area is 886 Å². The summed E-state index contributed by atoms with van der Waals surface area (Å²) in [6.07, 6.45) is 13.7. The molecule has 7 aromatic carbocycles. The third kappa shape index (κ3) is 44.4. The summed E-state index contributed by atoms with van der Waals surface area (Å²) in [5, 5.41) is 12.4. The zero-order chi connectivity index (χ0) is 106. The molecular formula is C92H98Br2Cl7F6N7O29S3. The lowest BCUT2D eigenvalue weighted by atomic mass is 10.0. The molecular weight excluding hydrogens is 2290 g/mol. The number of hydrogen-bond donors (Lipinski definition) is 4. The molecule has 36 nitrogen and oxygen atoms in total. The van der Waals surface area contributed by atoms with Gasteiger partial charge in [-0.1, -0.05) is 168 Å². The van der Waals surface area contributed by atoms with Crippen LogP contribution in [0.15, 0.2) is 189 Å². The second kappa shape index (κ2) is 63.4. The molecule has 0 saturated heterocycles. The van der Waals surface area contributed by atoms with Crippen molar-refractivity contribution in [2.75, 3.05) is 104 Å². The molecule has 0 amide bonds. The van der Waals surface area contributed by atoms with Gasteiger partial charge in [0, 0.05) is 41.6 Å². The third-order valence-corrected chi connectivity index (χ3v) is 24.8. The molecule has 2 saturated carbocycles. The molecule has 10 aromatic rings. The van der Waals surface area contributed by atoms with Crippen molar-refractivity contribution in [1.29, 1.82) is 0 Å². The van der Waals surface area contributed by atoms with Crippen LogP contribution in [-0.4, -0.2) is 192 Å². The van der Waals surface area contributed by atoms with Gasteiger partial charge in [-0.15, -0.1) is 0 Å². The highest BCUT2D eigenvalue weighted by Crippen LogP contribution is 2.42. The Morgan fingerprint density at radius 3 is 1.10 bits per heavy atom. The van der Waals surface area contributed by atoms with Gasteiger partial charge in [0.1, 0.15) is 54.2 Å². The van der Waals surface area contributed by atoms with Crippen LogP contribution >= 0.6 is 113 Å². The standard InChI is InChI=1S/C26H24Cl2F2N2O8S.C20H18BrCl2F2NO4.C18H17Cl2F2NO3.2C9H11NO4S.C8H9NO2.C2H2BrClO.3H2O/c1-37-23-10-15(8-9-21(23)40-26(29)30)22(11-17-18(27)12-31-13-19(17)28)39-24(33)14-32(41(3,35)36)20-7-5-4-6-16(20)25(34)38-2;21-7-19(27)29-17(6-13-14(22)8-26-9-15(13)23)12-3-4-16(30-20(24)25)18(5-12)28-10-11-1-2-11;19-13-7-23-8-14(20)12(13)6-15(24)11-3-4-16(26-18(21)22)17(5-11)25-9-10-1-2-10;2*1-14-9(11)7-5-3-4-6-8(7)10-15(2,12)13;1-11-8(10)6-4-2-3-5-7(6)9;3-1-2(4)5;;;/h4-10,12-13,22,26H,11,14H2,1-3H3;3-5,8-9,11,17,20H,1-2,6-7,10H2;3-5,7-8,10,15,18,24H,1-2,6,9H2;2*3-6,10H,1-2H3;2-5H,9H2,1H3;1H2;3*1H2/t22-;17-;15-;;;;;;;/m000......./s1. The number of nitrogens with one attached hydrogen (secondary N) is 5. The summed E-state index contributed by atoms with van der Waals surface area (Å²) >= 11 is 48.0. The number of aliphatic hydroxyl groups is 1. The largest absolute Gasteiger partial charge is 0.870 e. The molecule has 0 radical (unpaired) electrons. The second-order valence-corrected chi connectivity index (χ2v) is 39.1. The van der Waals surface area contributed by atoms with E-state index in [0.29, 0.717) is 88.5 Å². The molecule has 0 spiro atoms. The second-order valence-electron chi connectivity index (χ2n) is 29.7. The fourth-order valence-electron chi connectivity index (χ4n) is 12.1. The smallest absolute Gasteiger partial charge is 0.387 e. The third-order valence-electron chi connectivity index (χ3n) is 19.0. The van der Waals surface area contributed by atoms with Gasteiger partial charge < -0.3 is 84.1 Å². The first-order valence-electron chi connectivity index (χ1n) is 41.4. The predicted octanol–water partition coefficient (Wildman–Crippen LogP) is 17.8. The van der Waals surface area contributed by atoms with E-state index < -0.39 is 111 Å². The number of sulfonamides is 3. The maximum absolute atomic E-state index is 13.3. The number of ether oxygens (including phenoxy) is 12. The van der Waals surface area contributed by atoms with Gasteiger partial charge in [-0.3, -0.25) is 28.1 Å². The van der Waals surface area contributed by atoms with E-state index in [9.17, 15) is 90.3 Å². The molecule has 2 aliphatic rings. The number of anilines is 4. The maximum atomic E-state index is 13.3. The molecule has 3 aromatic heterocycles. The Bertz CT molecular complexity index is 6230. The van der Waals surface area contributed by atoms with E-state index in [4.69, 9.17) is 115 Å². The minimum atomic E-state index is -4.11. The zero-order valence-corrected chi connectivity index (χ0v) is 88.8. The van der Waals surface area contributed by atoms with E-state index in [1.165, 1.54) is 132 Å². The van der Waals surface area contributed by atoms with Gasteiger partial charge in [-0.2, -0.15) is 26.3 Å². The van der Waals surface area contributed by atoms with E-state index >= 15 is 0 Å².